The summed E-state index contributed by atoms with van der Waals surface area (Å²) in [6, 6.07) is 0.751. The van der Waals surface area contributed by atoms with Gasteiger partial charge in [-0.2, -0.15) is 13.2 Å². The van der Waals surface area contributed by atoms with Crippen LogP contribution in [0.3, 0.4) is 0 Å². The summed E-state index contributed by atoms with van der Waals surface area (Å²) >= 11 is 0. The first-order valence-corrected chi connectivity index (χ1v) is 11.0. The van der Waals surface area contributed by atoms with E-state index in [0.29, 0.717) is 36.7 Å². The quantitative estimate of drug-likeness (QED) is 0.475. The Morgan fingerprint density at radius 3 is 2.51 bits per heavy atom. The van der Waals surface area contributed by atoms with E-state index < -0.39 is 28.8 Å². The number of piperazine rings is 1. The molecule has 4 heterocycles. The molecule has 1 aliphatic rings. The van der Waals surface area contributed by atoms with E-state index in [1.54, 1.807) is 13.8 Å². The zero-order valence-electron chi connectivity index (χ0n) is 19.7. The first-order valence-electron chi connectivity index (χ1n) is 11.0. The van der Waals surface area contributed by atoms with Crippen molar-refractivity contribution in [2.45, 2.75) is 33.0 Å². The second-order valence-corrected chi connectivity index (χ2v) is 8.51. The van der Waals surface area contributed by atoms with Gasteiger partial charge < -0.3 is 25.8 Å². The molecule has 1 aliphatic heterocycles. The van der Waals surface area contributed by atoms with E-state index in [1.165, 1.54) is 7.11 Å². The summed E-state index contributed by atoms with van der Waals surface area (Å²) in [5.41, 5.74) is 4.15. The Labute approximate surface area is 199 Å². The molecule has 1 fully saturated rings. The molecular weight excluding hydrogens is 468 g/mol. The maximum Gasteiger partial charge on any atom is 0.418 e. The number of aromatic nitrogens is 3. The van der Waals surface area contributed by atoms with Crippen LogP contribution >= 0.6 is 0 Å². The van der Waals surface area contributed by atoms with Crippen molar-refractivity contribution in [3.63, 3.8) is 0 Å². The number of nitrogens with one attached hydrogen (secondary N) is 1. The lowest BCUT2D eigenvalue weighted by molar-refractivity contribution is -0.137. The SMILES string of the molecule is COc1nc(-c2cc(N)nc(C)c2C(F)(F)F)c(F)c2c(C)c(C)nc(N3CCNC(CO)C3)c12. The number of alkyl halides is 3. The molecule has 0 aromatic carbocycles. The predicted molar refractivity (Wildman–Crippen MR) is 124 cm³/mol. The molecule has 4 rings (SSSR count). The van der Waals surface area contributed by atoms with Crippen LogP contribution in [-0.4, -0.2) is 59.5 Å². The van der Waals surface area contributed by atoms with Gasteiger partial charge in [0.25, 0.3) is 0 Å². The second kappa shape index (κ2) is 9.08. The normalized spacial score (nSPS) is 16.7. The largest absolute Gasteiger partial charge is 0.480 e. The lowest BCUT2D eigenvalue weighted by atomic mass is 9.98. The van der Waals surface area contributed by atoms with Crippen LogP contribution in [0.4, 0.5) is 29.2 Å². The van der Waals surface area contributed by atoms with E-state index in [9.17, 15) is 18.3 Å². The Hall–Kier alpha value is -3.25. The summed E-state index contributed by atoms with van der Waals surface area (Å²) < 4.78 is 63.6. The Balaban J connectivity index is 2.07. The highest BCUT2D eigenvalue weighted by Crippen LogP contribution is 2.44. The molecule has 0 spiro atoms. The van der Waals surface area contributed by atoms with Crippen LogP contribution in [0.5, 0.6) is 5.88 Å². The van der Waals surface area contributed by atoms with Crippen molar-refractivity contribution in [1.82, 2.24) is 20.3 Å². The molecule has 12 heteroatoms. The van der Waals surface area contributed by atoms with Gasteiger partial charge in [-0.3, -0.25) is 0 Å². The summed E-state index contributed by atoms with van der Waals surface area (Å²) in [4.78, 5) is 14.4. The minimum absolute atomic E-state index is 0.0644. The average molecular weight is 494 g/mol. The minimum atomic E-state index is -4.81. The van der Waals surface area contributed by atoms with Crippen molar-refractivity contribution < 1.29 is 27.4 Å². The molecule has 0 aliphatic carbocycles. The number of hydrogen-bond donors (Lipinski definition) is 3. The highest BCUT2D eigenvalue weighted by molar-refractivity contribution is 6.01. The molecule has 3 aromatic rings. The van der Waals surface area contributed by atoms with Crippen LogP contribution in [-0.2, 0) is 6.18 Å². The standard InChI is InChI=1S/C23H26F4N6O2/c1-10-11(2)31-21(33-6-5-29-13(8-33)9-34)17-16(10)19(24)20(32-22(17)35-4)14-7-15(28)30-12(3)18(14)23(25,26)27/h7,13,29,34H,5-6,8-9H2,1-4H3,(H2,28,30). The zero-order valence-corrected chi connectivity index (χ0v) is 19.7. The number of pyridine rings is 3. The first kappa shape index (κ1) is 24.9. The van der Waals surface area contributed by atoms with Crippen molar-refractivity contribution in [1.29, 1.82) is 0 Å². The van der Waals surface area contributed by atoms with Gasteiger partial charge in [-0.15, -0.1) is 0 Å². The topological polar surface area (TPSA) is 109 Å². The van der Waals surface area contributed by atoms with Crippen molar-refractivity contribution >= 4 is 22.4 Å². The van der Waals surface area contributed by atoms with Gasteiger partial charge in [0.05, 0.1) is 30.4 Å². The molecule has 188 valence electrons. The summed E-state index contributed by atoms with van der Waals surface area (Å²) in [6.45, 7) is 5.88. The number of rotatable bonds is 4. The van der Waals surface area contributed by atoms with Crippen LogP contribution in [0.2, 0.25) is 0 Å². The second-order valence-electron chi connectivity index (χ2n) is 8.51. The van der Waals surface area contributed by atoms with E-state index in [0.717, 1.165) is 13.0 Å². The first-order chi connectivity index (χ1) is 16.5. The summed E-state index contributed by atoms with van der Waals surface area (Å²) in [5, 5.41) is 13.1. The fraction of sp³-hybridized carbons (Fsp3) is 0.435. The van der Waals surface area contributed by atoms with Gasteiger partial charge in [0.15, 0.2) is 5.82 Å². The number of methoxy groups -OCH3 is 1. The van der Waals surface area contributed by atoms with Crippen LogP contribution in [0.15, 0.2) is 6.07 Å². The van der Waals surface area contributed by atoms with Crippen LogP contribution < -0.4 is 20.7 Å². The molecule has 0 bridgehead atoms. The number of nitrogens with two attached hydrogens (primary N) is 1. The molecule has 0 amide bonds. The van der Waals surface area contributed by atoms with E-state index in [1.807, 2.05) is 4.90 Å². The van der Waals surface area contributed by atoms with Crippen molar-refractivity contribution in [3.8, 4) is 17.1 Å². The van der Waals surface area contributed by atoms with E-state index in [4.69, 9.17) is 10.5 Å². The molecule has 0 radical (unpaired) electrons. The lowest BCUT2D eigenvalue weighted by Crippen LogP contribution is -2.52. The molecule has 3 aromatic heterocycles. The number of aryl methyl sites for hydroxylation is 3. The van der Waals surface area contributed by atoms with E-state index >= 15 is 4.39 Å². The number of aliphatic hydroxyl groups excluding tert-OH is 1. The minimum Gasteiger partial charge on any atom is -0.480 e. The third-order valence-corrected chi connectivity index (χ3v) is 6.25. The highest BCUT2D eigenvalue weighted by atomic mass is 19.4. The average Bonchev–Trinajstić information content (AvgIpc) is 2.79. The van der Waals surface area contributed by atoms with E-state index in [2.05, 4.69) is 20.3 Å². The Morgan fingerprint density at radius 2 is 1.89 bits per heavy atom. The highest BCUT2D eigenvalue weighted by Gasteiger charge is 2.38. The fourth-order valence-electron chi connectivity index (χ4n) is 4.52. The monoisotopic (exact) mass is 494 g/mol. The van der Waals surface area contributed by atoms with Crippen LogP contribution in [0.25, 0.3) is 22.0 Å². The molecule has 35 heavy (non-hydrogen) atoms. The molecule has 1 saturated heterocycles. The van der Waals surface area contributed by atoms with Gasteiger partial charge in [0, 0.05) is 42.3 Å². The van der Waals surface area contributed by atoms with Crippen molar-refractivity contribution in [2.24, 2.45) is 0 Å². The van der Waals surface area contributed by atoms with Gasteiger partial charge in [-0.05, 0) is 32.4 Å². The number of aliphatic hydroxyl groups is 1. The van der Waals surface area contributed by atoms with Gasteiger partial charge >= 0.3 is 6.18 Å². The zero-order chi connectivity index (χ0) is 25.7. The van der Waals surface area contributed by atoms with Gasteiger partial charge in [-0.25, -0.2) is 19.3 Å². The van der Waals surface area contributed by atoms with E-state index in [-0.39, 0.29) is 40.8 Å². The maximum absolute atomic E-state index is 16.2. The Kier molecular flexibility index (Phi) is 6.45. The molecule has 1 atom stereocenters. The molecule has 1 unspecified atom stereocenters. The van der Waals surface area contributed by atoms with Gasteiger partial charge in [-0.1, -0.05) is 0 Å². The Bertz CT molecular complexity index is 1300. The molecule has 0 saturated carbocycles. The fourth-order valence-corrected chi connectivity index (χ4v) is 4.52. The number of hydrogen-bond acceptors (Lipinski definition) is 8. The number of anilines is 2. The van der Waals surface area contributed by atoms with Crippen molar-refractivity contribution in [3.05, 3.63) is 34.4 Å². The van der Waals surface area contributed by atoms with Gasteiger partial charge in [0.1, 0.15) is 17.3 Å². The van der Waals surface area contributed by atoms with Crippen LogP contribution in [0, 0.1) is 26.6 Å². The maximum atomic E-state index is 16.2. The van der Waals surface area contributed by atoms with Crippen LogP contribution in [0.1, 0.15) is 22.5 Å². The smallest absolute Gasteiger partial charge is 0.418 e. The molecule has 4 N–H and O–H groups in total. The third-order valence-electron chi connectivity index (χ3n) is 6.25. The molecular formula is C23H26F4N6O2. The third kappa shape index (κ3) is 4.31. The summed E-state index contributed by atoms with van der Waals surface area (Å²) in [7, 11) is 1.31. The van der Waals surface area contributed by atoms with Crippen molar-refractivity contribution in [2.75, 3.05) is 44.0 Å². The summed E-state index contributed by atoms with van der Waals surface area (Å²) in [5.74, 6) is -0.805. The van der Waals surface area contributed by atoms with Gasteiger partial charge in [0.2, 0.25) is 5.88 Å². The number of nitrogen functional groups attached to an aromatic ring is 1. The number of halogens is 4. The number of ether oxygens (including phenoxy) is 1. The number of fused-ring (bicyclic) bond motifs is 1. The molecule has 8 nitrogen and oxygen atoms in total. The number of nitrogens with zero attached hydrogens (tertiary/aromatic N) is 4. The lowest BCUT2D eigenvalue weighted by Gasteiger charge is -2.34. The predicted octanol–water partition coefficient (Wildman–Crippen LogP) is 3.14. The Morgan fingerprint density at radius 1 is 1.17 bits per heavy atom. The summed E-state index contributed by atoms with van der Waals surface area (Å²) in [6.07, 6.45) is -4.81.